The molecule has 1 aliphatic rings. The number of aromatic nitrogens is 1. The Kier molecular flexibility index (Phi) is 4.64. The fraction of sp³-hybridized carbons (Fsp3) is 0.174. The molecule has 5 rings (SSSR count). The Balaban J connectivity index is 0.00000157. The zero-order chi connectivity index (χ0) is 15.9. The number of aryl methyl sites for hydroxylation is 1. The number of hydrogen-bond acceptors (Lipinski definition) is 1. The van der Waals surface area contributed by atoms with Crippen molar-refractivity contribution in [2.24, 2.45) is 0 Å². The second-order valence-electron chi connectivity index (χ2n) is 6.72. The van der Waals surface area contributed by atoms with Crippen LogP contribution in [0.2, 0.25) is 0 Å². The fourth-order valence-electron chi connectivity index (χ4n) is 4.31. The monoisotopic (exact) mass is 333 g/mol. The molecule has 1 aromatic heterocycles. The standard InChI is InChI=1S/C23H19N.Na.H/c1-2-8-18-16(6-1)11-14-20-19(18)13-12-17-7-5-9-21(23(17)20)22-10-3-4-15-24-22;;/h1-4,6,8,10-15,21H,5,7,9H2;;. The van der Waals surface area contributed by atoms with E-state index in [1.165, 1.54) is 57.6 Å². The van der Waals surface area contributed by atoms with Gasteiger partial charge in [0.25, 0.3) is 0 Å². The van der Waals surface area contributed by atoms with E-state index in [0.29, 0.717) is 5.92 Å². The van der Waals surface area contributed by atoms with Gasteiger partial charge in [-0.25, -0.2) is 0 Å². The van der Waals surface area contributed by atoms with Gasteiger partial charge in [0, 0.05) is 17.8 Å². The van der Waals surface area contributed by atoms with Crippen LogP contribution in [-0.4, -0.2) is 34.5 Å². The Morgan fingerprint density at radius 3 is 2.48 bits per heavy atom. The van der Waals surface area contributed by atoms with Gasteiger partial charge in [-0.3, -0.25) is 4.98 Å². The molecular weight excluding hydrogens is 313 g/mol. The Hall–Kier alpha value is -1.67. The quantitative estimate of drug-likeness (QED) is 0.344. The average Bonchev–Trinajstić information content (AvgIpc) is 2.67. The normalized spacial score (nSPS) is 16.4. The topological polar surface area (TPSA) is 12.9 Å². The molecule has 0 bridgehead atoms. The third-order valence-electron chi connectivity index (χ3n) is 5.39. The predicted octanol–water partition coefficient (Wildman–Crippen LogP) is 5.21. The van der Waals surface area contributed by atoms with Crippen molar-refractivity contribution < 1.29 is 0 Å². The molecule has 1 aliphatic carbocycles. The van der Waals surface area contributed by atoms with Crippen molar-refractivity contribution >= 4 is 51.1 Å². The second kappa shape index (κ2) is 6.92. The minimum absolute atomic E-state index is 0. The summed E-state index contributed by atoms with van der Waals surface area (Å²) in [6.07, 6.45) is 5.54. The molecule has 0 radical (unpaired) electrons. The van der Waals surface area contributed by atoms with Gasteiger partial charge in [0.1, 0.15) is 0 Å². The van der Waals surface area contributed by atoms with E-state index in [-0.39, 0.29) is 29.6 Å². The summed E-state index contributed by atoms with van der Waals surface area (Å²) in [5.41, 5.74) is 4.21. The van der Waals surface area contributed by atoms with Crippen molar-refractivity contribution in [1.82, 2.24) is 4.98 Å². The van der Waals surface area contributed by atoms with Crippen LogP contribution in [0.5, 0.6) is 0 Å². The number of fused-ring (bicyclic) bond motifs is 5. The van der Waals surface area contributed by atoms with Crippen molar-refractivity contribution in [3.63, 3.8) is 0 Å². The third-order valence-corrected chi connectivity index (χ3v) is 5.39. The van der Waals surface area contributed by atoms with Crippen molar-refractivity contribution in [3.8, 4) is 0 Å². The minimum Gasteiger partial charge on any atom is -0.261 e. The van der Waals surface area contributed by atoms with Gasteiger partial charge in [-0.1, -0.05) is 54.6 Å². The summed E-state index contributed by atoms with van der Waals surface area (Å²) < 4.78 is 0. The van der Waals surface area contributed by atoms with Crippen LogP contribution in [0.3, 0.4) is 0 Å². The molecule has 0 fully saturated rings. The molecule has 1 atom stereocenters. The Bertz CT molecular complexity index is 1040. The number of pyridine rings is 1. The minimum atomic E-state index is 0. The van der Waals surface area contributed by atoms with E-state index in [0.717, 1.165) is 0 Å². The van der Waals surface area contributed by atoms with E-state index in [2.05, 4.69) is 65.6 Å². The van der Waals surface area contributed by atoms with Crippen molar-refractivity contribution in [2.75, 3.05) is 0 Å². The first-order valence-corrected chi connectivity index (χ1v) is 8.76. The molecular formula is C23H20NNa. The Morgan fingerprint density at radius 1 is 0.760 bits per heavy atom. The van der Waals surface area contributed by atoms with Crippen molar-refractivity contribution in [2.45, 2.75) is 25.2 Å². The number of rotatable bonds is 1. The molecule has 0 amide bonds. The first-order valence-electron chi connectivity index (χ1n) is 8.76. The molecule has 0 N–H and O–H groups in total. The Labute approximate surface area is 170 Å². The van der Waals surface area contributed by atoms with E-state index in [9.17, 15) is 0 Å². The fourth-order valence-corrected chi connectivity index (χ4v) is 4.31. The van der Waals surface area contributed by atoms with E-state index in [1.54, 1.807) is 0 Å². The number of nitrogens with zero attached hydrogens (tertiary/aromatic N) is 1. The van der Waals surface area contributed by atoms with Crippen LogP contribution >= 0.6 is 0 Å². The number of benzene rings is 3. The smallest absolute Gasteiger partial charge is 0.0478 e. The van der Waals surface area contributed by atoms with E-state index >= 15 is 0 Å². The van der Waals surface area contributed by atoms with Crippen LogP contribution < -0.4 is 0 Å². The maximum absolute atomic E-state index is 4.67. The summed E-state index contributed by atoms with van der Waals surface area (Å²) in [7, 11) is 0. The van der Waals surface area contributed by atoms with Gasteiger partial charge in [-0.2, -0.15) is 0 Å². The summed E-state index contributed by atoms with van der Waals surface area (Å²) in [6, 6.07) is 24.2. The SMILES string of the molecule is [NaH].c1ccc(C2CCCc3ccc4c(ccc5ccccc54)c32)nc1. The van der Waals surface area contributed by atoms with E-state index in [1.807, 2.05) is 12.3 Å². The van der Waals surface area contributed by atoms with Crippen molar-refractivity contribution in [3.05, 3.63) is 89.7 Å². The van der Waals surface area contributed by atoms with Crippen LogP contribution in [0.25, 0.3) is 21.5 Å². The van der Waals surface area contributed by atoms with E-state index < -0.39 is 0 Å². The summed E-state index contributed by atoms with van der Waals surface area (Å²) >= 11 is 0. The maximum atomic E-state index is 4.67. The van der Waals surface area contributed by atoms with Gasteiger partial charge in [0.2, 0.25) is 0 Å². The zero-order valence-electron chi connectivity index (χ0n) is 13.6. The van der Waals surface area contributed by atoms with Crippen LogP contribution in [0.15, 0.2) is 72.9 Å². The second-order valence-corrected chi connectivity index (χ2v) is 6.72. The summed E-state index contributed by atoms with van der Waals surface area (Å²) in [5, 5.41) is 5.44. The van der Waals surface area contributed by atoms with Gasteiger partial charge in [0.15, 0.2) is 0 Å². The molecule has 2 heteroatoms. The van der Waals surface area contributed by atoms with Crippen LogP contribution in [-0.2, 0) is 6.42 Å². The maximum Gasteiger partial charge on any atom is 0.0478 e. The van der Waals surface area contributed by atoms with Gasteiger partial charge in [-0.15, -0.1) is 0 Å². The molecule has 4 aromatic rings. The predicted molar refractivity (Wildman–Crippen MR) is 108 cm³/mol. The molecule has 25 heavy (non-hydrogen) atoms. The van der Waals surface area contributed by atoms with Gasteiger partial charge in [0.05, 0.1) is 0 Å². The molecule has 1 nitrogen and oxygen atoms in total. The molecule has 1 heterocycles. The molecule has 1 unspecified atom stereocenters. The van der Waals surface area contributed by atoms with Crippen LogP contribution in [0.4, 0.5) is 0 Å². The first-order chi connectivity index (χ1) is 11.9. The van der Waals surface area contributed by atoms with Crippen molar-refractivity contribution in [1.29, 1.82) is 0 Å². The number of hydrogen-bond donors (Lipinski definition) is 0. The molecule has 0 aliphatic heterocycles. The Morgan fingerprint density at radius 2 is 1.60 bits per heavy atom. The summed E-state index contributed by atoms with van der Waals surface area (Å²) in [4.78, 5) is 4.67. The van der Waals surface area contributed by atoms with Crippen LogP contribution in [0.1, 0.15) is 35.6 Å². The van der Waals surface area contributed by atoms with Gasteiger partial charge < -0.3 is 0 Å². The average molecular weight is 333 g/mol. The largest absolute Gasteiger partial charge is 0.261 e. The molecule has 0 spiro atoms. The summed E-state index contributed by atoms with van der Waals surface area (Å²) in [6.45, 7) is 0. The molecule has 3 aromatic carbocycles. The molecule has 0 saturated carbocycles. The molecule has 0 saturated heterocycles. The zero-order valence-corrected chi connectivity index (χ0v) is 13.6. The summed E-state index contributed by atoms with van der Waals surface area (Å²) in [5.74, 6) is 0.416. The van der Waals surface area contributed by atoms with Gasteiger partial charge >= 0.3 is 29.6 Å². The molecule has 118 valence electrons. The first kappa shape index (κ1) is 16.8. The van der Waals surface area contributed by atoms with Crippen LogP contribution in [0, 0.1) is 0 Å². The van der Waals surface area contributed by atoms with E-state index in [4.69, 9.17) is 0 Å². The third kappa shape index (κ3) is 2.81. The van der Waals surface area contributed by atoms with Gasteiger partial charge in [-0.05, 0) is 64.1 Å².